The molecule has 396 valence electrons. The molecular formula is C57H96O8Si6. The number of benzene rings is 4. The molecule has 4 rings (SSSR count). The summed E-state index contributed by atoms with van der Waals surface area (Å²) in [6.07, 6.45) is 6.18. The van der Waals surface area contributed by atoms with Gasteiger partial charge in [-0.15, -0.1) is 0 Å². The van der Waals surface area contributed by atoms with Gasteiger partial charge in [-0.25, -0.2) is 0 Å². The highest BCUT2D eigenvalue weighted by Gasteiger charge is 2.40. The summed E-state index contributed by atoms with van der Waals surface area (Å²) in [5.41, 5.74) is 4.76. The zero-order chi connectivity index (χ0) is 53.0. The average molecular weight is 1080 g/mol. The SMILES string of the molecule is C.C=CCOc1ccc(C(C)(C)c2ccc(OCC=C)cc2)cc1.C=CCOc1ccc(C(C)(C)c2ccc(OCCC[Si](C)(O[Si](C)(C)C)O[Si](C)(C)C)cc2)cc1.C[SiH](O[Si](C)(C)C)O[Si](C)(C)C. The van der Waals surface area contributed by atoms with Gasteiger partial charge in [0.25, 0.3) is 9.28 Å². The standard InChI is InChI=1S/C28H46O4Si3.C21H24O2.C7H22O2Si3.CH4/c1-11-21-29-26-17-13-24(14-18-26)28(2,3)25-15-19-27(20-16-25)30-22-12-23-35(10,31-33(4,5)6)32-34(7,8)9;1-5-15-22-19-11-7-17(8-12-19)21(3,4)18-9-13-20(14-10-18)23-16-6-2;1-10(8-11(2,3)4)9-12(5,6)7;/h11,13-20H,1,12,21-23H2,2-10H3;5-14H,1-2,15-16H2,3-4H3;10H,1-7H3;1H4. The van der Waals surface area contributed by atoms with Crippen LogP contribution < -0.4 is 18.9 Å². The first-order valence-corrected chi connectivity index (χ1v) is 43.1. The second-order valence-corrected chi connectivity index (χ2v) is 47.0. The van der Waals surface area contributed by atoms with E-state index in [-0.39, 0.29) is 18.3 Å². The minimum absolute atomic E-state index is 0. The molecule has 0 aliphatic carbocycles. The molecule has 0 fully saturated rings. The van der Waals surface area contributed by atoms with E-state index in [1.807, 2.05) is 36.4 Å². The van der Waals surface area contributed by atoms with Crippen LogP contribution >= 0.6 is 0 Å². The van der Waals surface area contributed by atoms with Gasteiger partial charge < -0.3 is 35.4 Å². The van der Waals surface area contributed by atoms with E-state index in [1.165, 1.54) is 22.3 Å². The lowest BCUT2D eigenvalue weighted by Crippen LogP contribution is -2.52. The Balaban J connectivity index is 0.000000599. The predicted octanol–water partition coefficient (Wildman–Crippen LogP) is 16.4. The minimum atomic E-state index is -2.21. The largest absolute Gasteiger partial charge is 0.494 e. The Hall–Kier alpha value is -3.56. The second kappa shape index (κ2) is 29.4. The van der Waals surface area contributed by atoms with Crippen molar-refractivity contribution in [3.8, 4) is 23.0 Å². The van der Waals surface area contributed by atoms with Crippen LogP contribution in [-0.2, 0) is 27.3 Å². The minimum Gasteiger partial charge on any atom is -0.494 e. The van der Waals surface area contributed by atoms with Crippen LogP contribution in [0.15, 0.2) is 135 Å². The zero-order valence-corrected chi connectivity index (χ0v) is 52.8. The van der Waals surface area contributed by atoms with Gasteiger partial charge >= 0.3 is 8.56 Å². The van der Waals surface area contributed by atoms with Gasteiger partial charge in [-0.1, -0.05) is 122 Å². The molecule has 0 bridgehead atoms. The van der Waals surface area contributed by atoms with Crippen molar-refractivity contribution < 1.29 is 35.4 Å². The van der Waals surface area contributed by atoms with Gasteiger partial charge in [0.1, 0.15) is 42.8 Å². The Morgan fingerprint density at radius 3 is 0.901 bits per heavy atom. The monoisotopic (exact) mass is 1080 g/mol. The normalized spacial score (nSPS) is 12.3. The number of hydrogen-bond acceptors (Lipinski definition) is 8. The third-order valence-corrected chi connectivity index (χ3v) is 28.5. The van der Waals surface area contributed by atoms with Gasteiger partial charge in [0.05, 0.1) is 6.61 Å². The molecule has 0 saturated heterocycles. The molecule has 0 aliphatic rings. The zero-order valence-electron chi connectivity index (χ0n) is 46.7. The Morgan fingerprint density at radius 2 is 0.676 bits per heavy atom. The molecular weight excluding hydrogens is 981 g/mol. The average Bonchev–Trinajstić information content (AvgIpc) is 3.24. The van der Waals surface area contributed by atoms with Gasteiger partial charge in [-0.05, 0) is 175 Å². The Kier molecular flexibility index (Phi) is 27.1. The van der Waals surface area contributed by atoms with E-state index in [0.717, 1.165) is 35.5 Å². The van der Waals surface area contributed by atoms with E-state index < -0.39 is 51.1 Å². The number of rotatable bonds is 26. The maximum atomic E-state index is 6.60. The summed E-state index contributed by atoms with van der Waals surface area (Å²) in [5, 5.41) is 0. The van der Waals surface area contributed by atoms with Crippen molar-refractivity contribution in [3.05, 3.63) is 157 Å². The van der Waals surface area contributed by atoms with Crippen LogP contribution in [0.1, 0.15) is 63.8 Å². The first-order chi connectivity index (χ1) is 32.3. The Labute approximate surface area is 440 Å². The molecule has 0 heterocycles. The van der Waals surface area contributed by atoms with E-state index >= 15 is 0 Å². The summed E-state index contributed by atoms with van der Waals surface area (Å²) in [5.74, 6) is 3.48. The summed E-state index contributed by atoms with van der Waals surface area (Å²) in [6, 6.07) is 34.2. The first kappa shape index (κ1) is 65.5. The molecule has 0 spiro atoms. The van der Waals surface area contributed by atoms with Crippen LogP contribution in [0.3, 0.4) is 0 Å². The fraction of sp³-hybridized carbons (Fsp3) is 0.474. The van der Waals surface area contributed by atoms with Crippen LogP contribution in [0, 0.1) is 0 Å². The molecule has 0 N–H and O–H groups in total. The van der Waals surface area contributed by atoms with Crippen LogP contribution in [0.2, 0.25) is 97.7 Å². The highest BCUT2D eigenvalue weighted by atomic mass is 28.5. The predicted molar refractivity (Wildman–Crippen MR) is 321 cm³/mol. The lowest BCUT2D eigenvalue weighted by atomic mass is 9.78. The molecule has 0 unspecified atom stereocenters. The highest BCUT2D eigenvalue weighted by molar-refractivity contribution is 6.87. The van der Waals surface area contributed by atoms with E-state index in [4.69, 9.17) is 35.4 Å². The molecule has 0 aromatic heterocycles. The summed E-state index contributed by atoms with van der Waals surface area (Å²) in [4.78, 5) is 0. The van der Waals surface area contributed by atoms with E-state index in [0.29, 0.717) is 26.4 Å². The lowest BCUT2D eigenvalue weighted by molar-refractivity contribution is 0.306. The van der Waals surface area contributed by atoms with Gasteiger partial charge in [0.15, 0.2) is 33.3 Å². The van der Waals surface area contributed by atoms with Crippen molar-refractivity contribution in [2.45, 2.75) is 150 Å². The smallest absolute Gasteiger partial charge is 0.314 e. The van der Waals surface area contributed by atoms with Crippen LogP contribution in [0.4, 0.5) is 0 Å². The maximum absolute atomic E-state index is 6.60. The third kappa shape index (κ3) is 26.3. The molecule has 0 amide bonds. The fourth-order valence-corrected chi connectivity index (χ4v) is 28.8. The van der Waals surface area contributed by atoms with Crippen LogP contribution in [0.25, 0.3) is 0 Å². The number of hydrogen-bond donors (Lipinski definition) is 0. The molecule has 0 atom stereocenters. The Bertz CT molecular complexity index is 2040. The van der Waals surface area contributed by atoms with Crippen LogP contribution in [0.5, 0.6) is 23.0 Å². The summed E-state index contributed by atoms with van der Waals surface area (Å²) in [6.45, 7) is 53.3. The van der Waals surface area contributed by atoms with Gasteiger partial charge in [-0.2, -0.15) is 0 Å². The molecule has 14 heteroatoms. The van der Waals surface area contributed by atoms with Crippen molar-refractivity contribution in [1.82, 2.24) is 0 Å². The lowest BCUT2D eigenvalue weighted by Gasteiger charge is -2.38. The summed E-state index contributed by atoms with van der Waals surface area (Å²) >= 11 is 0. The number of ether oxygens (including phenoxy) is 4. The quantitative estimate of drug-likeness (QED) is 0.0350. The molecule has 71 heavy (non-hydrogen) atoms. The van der Waals surface area contributed by atoms with E-state index in [2.05, 4.69) is 200 Å². The topological polar surface area (TPSA) is 73.8 Å². The molecule has 0 radical (unpaired) electrons. The van der Waals surface area contributed by atoms with Gasteiger partial charge in [0, 0.05) is 10.8 Å². The molecule has 8 nitrogen and oxygen atoms in total. The molecule has 0 aliphatic heterocycles. The summed E-state index contributed by atoms with van der Waals surface area (Å²) < 4.78 is 47.8. The highest BCUT2D eigenvalue weighted by Crippen LogP contribution is 2.35. The van der Waals surface area contributed by atoms with Crippen molar-refractivity contribution in [2.24, 2.45) is 0 Å². The molecule has 4 aromatic carbocycles. The van der Waals surface area contributed by atoms with Gasteiger partial charge in [0.2, 0.25) is 0 Å². The van der Waals surface area contributed by atoms with Crippen molar-refractivity contribution in [2.75, 3.05) is 26.4 Å². The summed E-state index contributed by atoms with van der Waals surface area (Å²) in [7, 11) is -9.60. The Morgan fingerprint density at radius 1 is 0.423 bits per heavy atom. The molecule has 0 saturated carbocycles. The van der Waals surface area contributed by atoms with Crippen molar-refractivity contribution >= 4 is 51.1 Å². The molecule has 4 aromatic rings. The van der Waals surface area contributed by atoms with E-state index in [9.17, 15) is 0 Å². The first-order valence-electron chi connectivity index (χ1n) is 24.8. The van der Waals surface area contributed by atoms with E-state index in [1.54, 1.807) is 18.2 Å². The maximum Gasteiger partial charge on any atom is 0.314 e. The third-order valence-electron chi connectivity index (χ3n) is 10.5. The van der Waals surface area contributed by atoms with Crippen molar-refractivity contribution in [1.29, 1.82) is 0 Å². The fourth-order valence-electron chi connectivity index (χ4n) is 7.69. The van der Waals surface area contributed by atoms with Crippen LogP contribution in [-0.4, -0.2) is 77.5 Å². The van der Waals surface area contributed by atoms with Crippen molar-refractivity contribution in [3.63, 3.8) is 0 Å². The second-order valence-electron chi connectivity index (χ2n) is 22.7. The van der Waals surface area contributed by atoms with Gasteiger partial charge in [-0.3, -0.25) is 0 Å².